The second kappa shape index (κ2) is 9.07. The van der Waals surface area contributed by atoms with Crippen molar-refractivity contribution in [3.8, 4) is 5.75 Å². The number of ether oxygens (including phenoxy) is 1. The zero-order valence-electron chi connectivity index (χ0n) is 16.0. The lowest BCUT2D eigenvalue weighted by Gasteiger charge is -2.34. The highest BCUT2D eigenvalue weighted by molar-refractivity contribution is 7.99. The van der Waals surface area contributed by atoms with Crippen LogP contribution in [0.4, 0.5) is 13.2 Å². The Balaban J connectivity index is 1.78. The molecule has 0 aromatic heterocycles. The van der Waals surface area contributed by atoms with Crippen molar-refractivity contribution in [2.45, 2.75) is 38.6 Å². The Morgan fingerprint density at radius 3 is 2.03 bits per heavy atom. The third-order valence-corrected chi connectivity index (χ3v) is 8.40. The zero-order valence-corrected chi connectivity index (χ0v) is 17.6. The summed E-state index contributed by atoms with van der Waals surface area (Å²) in [6.45, 7) is 0.628. The van der Waals surface area contributed by atoms with Crippen LogP contribution in [0, 0.1) is 0 Å². The van der Waals surface area contributed by atoms with Crippen LogP contribution in [0.15, 0.2) is 63.2 Å². The molecule has 3 N–H and O–H groups in total. The normalized spacial score (nSPS) is 16.5. The van der Waals surface area contributed by atoms with Gasteiger partial charge in [0.15, 0.2) is 14.6 Å². The molecule has 1 saturated heterocycles. The fraction of sp³-hybridized carbons (Fsp3) is 0.316. The summed E-state index contributed by atoms with van der Waals surface area (Å²) in [5.41, 5.74) is 1.48. The summed E-state index contributed by atoms with van der Waals surface area (Å²) < 4.78 is 65.2. The van der Waals surface area contributed by atoms with E-state index in [0.29, 0.717) is 22.9 Å². The van der Waals surface area contributed by atoms with Gasteiger partial charge in [-0.25, -0.2) is 13.9 Å². The predicted molar refractivity (Wildman–Crippen MR) is 106 cm³/mol. The van der Waals surface area contributed by atoms with E-state index in [1.54, 1.807) is 12.1 Å². The highest BCUT2D eigenvalue weighted by Crippen LogP contribution is 2.36. The van der Waals surface area contributed by atoms with E-state index in [1.165, 1.54) is 53.6 Å². The molecule has 0 aliphatic carbocycles. The van der Waals surface area contributed by atoms with E-state index in [-0.39, 0.29) is 23.5 Å². The van der Waals surface area contributed by atoms with Gasteiger partial charge in [0, 0.05) is 9.79 Å². The van der Waals surface area contributed by atoms with Gasteiger partial charge < -0.3 is 10.1 Å². The van der Waals surface area contributed by atoms with Crippen molar-refractivity contribution < 1.29 is 36.3 Å². The molecule has 31 heavy (non-hydrogen) atoms. The highest BCUT2D eigenvalue weighted by atomic mass is 32.2. The first kappa shape index (κ1) is 23.4. The number of piperidine rings is 1. The van der Waals surface area contributed by atoms with Crippen LogP contribution < -0.4 is 15.5 Å². The van der Waals surface area contributed by atoms with E-state index in [0.717, 1.165) is 0 Å². The van der Waals surface area contributed by atoms with E-state index in [9.17, 15) is 26.4 Å². The van der Waals surface area contributed by atoms with Gasteiger partial charge in [-0.05, 0) is 74.5 Å². The Morgan fingerprint density at radius 2 is 1.55 bits per heavy atom. The molecule has 0 unspecified atom stereocenters. The number of alkyl halides is 3. The molecular formula is C19H19F3N2O5S2. The summed E-state index contributed by atoms with van der Waals surface area (Å²) in [7, 11) is -4.09. The summed E-state index contributed by atoms with van der Waals surface area (Å²) in [6, 6.07) is 11.1. The summed E-state index contributed by atoms with van der Waals surface area (Å²) in [5.74, 6) is -1.30. The molecule has 0 saturated carbocycles. The number of halogens is 3. The van der Waals surface area contributed by atoms with Crippen LogP contribution in [0.3, 0.4) is 0 Å². The average Bonchev–Trinajstić information content (AvgIpc) is 2.74. The van der Waals surface area contributed by atoms with Crippen molar-refractivity contribution >= 4 is 27.5 Å². The smallest absolute Gasteiger partial charge is 0.406 e. The second-order valence-corrected chi connectivity index (χ2v) is 10.2. The van der Waals surface area contributed by atoms with Crippen molar-refractivity contribution in [1.29, 1.82) is 0 Å². The van der Waals surface area contributed by atoms with Crippen molar-refractivity contribution in [3.63, 3.8) is 0 Å². The first-order valence-electron chi connectivity index (χ1n) is 9.11. The molecule has 1 aliphatic rings. The number of benzene rings is 2. The van der Waals surface area contributed by atoms with Crippen LogP contribution in [-0.2, 0) is 14.6 Å². The largest absolute Gasteiger partial charge is 0.573 e. The van der Waals surface area contributed by atoms with Gasteiger partial charge >= 0.3 is 6.36 Å². The van der Waals surface area contributed by atoms with Crippen LogP contribution in [0.1, 0.15) is 12.8 Å². The number of carbonyl (C=O) groups excluding carboxylic acids is 1. The predicted octanol–water partition coefficient (Wildman–Crippen LogP) is 3.14. The van der Waals surface area contributed by atoms with Gasteiger partial charge in [-0.15, -0.1) is 13.2 Å². The van der Waals surface area contributed by atoms with Gasteiger partial charge in [0.05, 0.1) is 4.90 Å². The molecule has 168 valence electrons. The van der Waals surface area contributed by atoms with Crippen molar-refractivity contribution in [3.05, 3.63) is 48.5 Å². The number of hydroxylamine groups is 1. The molecule has 1 amide bonds. The lowest BCUT2D eigenvalue weighted by Crippen LogP contribution is -2.57. The standard InChI is InChI=1S/C19H19F3N2O5S2/c20-19(21,22)29-13-1-3-14(4-2-13)30-15-5-7-16(8-6-15)31(27,28)18(17(25)24-26)9-11-23-12-10-18/h1-8,23,26H,9-12H2,(H,24,25). The van der Waals surface area contributed by atoms with Crippen LogP contribution in [0.5, 0.6) is 5.75 Å². The molecule has 0 bridgehead atoms. The number of nitrogens with one attached hydrogen (secondary N) is 2. The fourth-order valence-corrected chi connectivity index (χ4v) is 6.10. The molecule has 2 aromatic rings. The molecule has 1 heterocycles. The molecule has 12 heteroatoms. The Kier molecular flexibility index (Phi) is 6.84. The third kappa shape index (κ3) is 5.14. The monoisotopic (exact) mass is 476 g/mol. The lowest BCUT2D eigenvalue weighted by atomic mass is 9.96. The summed E-state index contributed by atoms with van der Waals surface area (Å²) in [6.07, 6.45) is -4.73. The molecule has 0 atom stereocenters. The summed E-state index contributed by atoms with van der Waals surface area (Å²) in [5, 5.41) is 12.1. The number of hydrogen-bond acceptors (Lipinski definition) is 7. The fourth-order valence-electron chi connectivity index (χ4n) is 3.31. The molecular weight excluding hydrogens is 457 g/mol. The van der Waals surface area contributed by atoms with Gasteiger partial charge in [0.2, 0.25) is 0 Å². The van der Waals surface area contributed by atoms with Gasteiger partial charge in [-0.3, -0.25) is 10.0 Å². The molecule has 2 aromatic carbocycles. The molecule has 1 fully saturated rings. The SMILES string of the molecule is O=C(NO)C1(S(=O)(=O)c2ccc(Sc3ccc(OC(F)(F)F)cc3)cc2)CCNCC1. The Bertz CT molecular complexity index is 1020. The maximum absolute atomic E-state index is 13.2. The van der Waals surface area contributed by atoms with Crippen molar-refractivity contribution in [2.24, 2.45) is 0 Å². The van der Waals surface area contributed by atoms with Crippen LogP contribution in [-0.4, -0.2) is 43.7 Å². The Morgan fingerprint density at radius 1 is 1.03 bits per heavy atom. The minimum Gasteiger partial charge on any atom is -0.406 e. The minimum absolute atomic E-state index is 0.0184. The molecule has 1 aliphatic heterocycles. The number of hydrogen-bond donors (Lipinski definition) is 3. The number of sulfone groups is 1. The van der Waals surface area contributed by atoms with E-state index < -0.39 is 26.9 Å². The number of carbonyl (C=O) groups is 1. The quantitative estimate of drug-likeness (QED) is 0.435. The average molecular weight is 476 g/mol. The maximum atomic E-state index is 13.2. The first-order valence-corrected chi connectivity index (χ1v) is 11.4. The highest BCUT2D eigenvalue weighted by Gasteiger charge is 2.51. The third-order valence-electron chi connectivity index (χ3n) is 4.87. The topological polar surface area (TPSA) is 105 Å². The molecule has 0 radical (unpaired) electrons. The van der Waals surface area contributed by atoms with E-state index in [1.807, 2.05) is 0 Å². The first-order chi connectivity index (χ1) is 14.6. The van der Waals surface area contributed by atoms with E-state index in [4.69, 9.17) is 5.21 Å². The van der Waals surface area contributed by atoms with Gasteiger partial charge in [-0.1, -0.05) is 11.8 Å². The van der Waals surface area contributed by atoms with E-state index >= 15 is 0 Å². The molecule has 7 nitrogen and oxygen atoms in total. The van der Waals surface area contributed by atoms with Crippen LogP contribution >= 0.6 is 11.8 Å². The zero-order chi connectivity index (χ0) is 22.7. The lowest BCUT2D eigenvalue weighted by molar-refractivity contribution is -0.274. The number of rotatable bonds is 6. The van der Waals surface area contributed by atoms with Crippen LogP contribution in [0.25, 0.3) is 0 Å². The van der Waals surface area contributed by atoms with Crippen molar-refractivity contribution in [2.75, 3.05) is 13.1 Å². The minimum atomic E-state index is -4.77. The summed E-state index contributed by atoms with van der Waals surface area (Å²) in [4.78, 5) is 13.5. The number of amides is 1. The van der Waals surface area contributed by atoms with Crippen molar-refractivity contribution in [1.82, 2.24) is 10.8 Å². The van der Waals surface area contributed by atoms with Gasteiger partial charge in [-0.2, -0.15) is 0 Å². The second-order valence-electron chi connectivity index (χ2n) is 6.78. The Hall–Kier alpha value is -2.28. The molecule has 3 rings (SSSR count). The van der Waals surface area contributed by atoms with Crippen LogP contribution in [0.2, 0.25) is 0 Å². The summed E-state index contributed by atoms with van der Waals surface area (Å²) >= 11 is 1.22. The van der Waals surface area contributed by atoms with Gasteiger partial charge in [0.1, 0.15) is 5.75 Å². The maximum Gasteiger partial charge on any atom is 0.573 e. The molecule has 0 spiro atoms. The Labute approximate surface area is 180 Å². The van der Waals surface area contributed by atoms with Gasteiger partial charge in [0.25, 0.3) is 5.91 Å². The van der Waals surface area contributed by atoms with E-state index in [2.05, 4.69) is 10.1 Å².